The number of carbonyl (C=O) groups excluding carboxylic acids is 2. The fraction of sp³-hybridized carbons (Fsp3) is 0.273. The Morgan fingerprint density at radius 3 is 2.62 bits per heavy atom. The highest BCUT2D eigenvalue weighted by Gasteiger charge is 2.34. The first-order valence-corrected chi connectivity index (χ1v) is 9.48. The number of urea groups is 1. The summed E-state index contributed by atoms with van der Waals surface area (Å²) in [5.41, 5.74) is 4.02. The lowest BCUT2D eigenvalue weighted by molar-refractivity contribution is -0.136. The van der Waals surface area contributed by atoms with Crippen LogP contribution in [0.3, 0.4) is 0 Å². The molecule has 2 heterocycles. The van der Waals surface area contributed by atoms with E-state index < -0.39 is 18.0 Å². The zero-order valence-electron chi connectivity index (χ0n) is 16.1. The molecule has 2 aliphatic rings. The number of esters is 1. The molecule has 2 aliphatic heterocycles. The van der Waals surface area contributed by atoms with Gasteiger partial charge >= 0.3 is 12.0 Å². The summed E-state index contributed by atoms with van der Waals surface area (Å²) < 4.78 is 18.3. The maximum absolute atomic E-state index is 13.3. The molecule has 6 nitrogen and oxygen atoms in total. The summed E-state index contributed by atoms with van der Waals surface area (Å²) in [6.07, 6.45) is 0.907. The molecule has 0 spiro atoms. The summed E-state index contributed by atoms with van der Waals surface area (Å²) in [4.78, 5) is 27.1. The fourth-order valence-corrected chi connectivity index (χ4v) is 3.91. The number of benzene rings is 2. The minimum Gasteiger partial charge on any atom is -0.466 e. The lowest BCUT2D eigenvalue weighted by Crippen LogP contribution is -2.48. The maximum atomic E-state index is 13.3. The van der Waals surface area contributed by atoms with E-state index in [2.05, 4.69) is 27.7 Å². The van der Waals surface area contributed by atoms with Crippen LogP contribution in [0.15, 0.2) is 59.8 Å². The molecule has 7 heteroatoms. The summed E-state index contributed by atoms with van der Waals surface area (Å²) in [6, 6.07) is 12.9. The molecule has 1 atom stereocenters. The van der Waals surface area contributed by atoms with Crippen molar-refractivity contribution in [2.45, 2.75) is 19.0 Å². The number of hydrogen-bond acceptors (Lipinski definition) is 4. The molecule has 0 fully saturated rings. The Morgan fingerprint density at radius 1 is 1.17 bits per heavy atom. The van der Waals surface area contributed by atoms with Crippen LogP contribution < -0.4 is 10.6 Å². The molecule has 150 valence electrons. The molecular formula is C22H22FN3O3. The second-order valence-electron chi connectivity index (χ2n) is 7.20. The van der Waals surface area contributed by atoms with Crippen LogP contribution >= 0.6 is 0 Å². The highest BCUT2D eigenvalue weighted by atomic mass is 19.1. The number of carbonyl (C=O) groups is 2. The highest BCUT2D eigenvalue weighted by molar-refractivity contribution is 5.95. The van der Waals surface area contributed by atoms with Crippen LogP contribution in [0.25, 0.3) is 0 Å². The summed E-state index contributed by atoms with van der Waals surface area (Å²) in [5, 5.41) is 5.53. The average molecular weight is 395 g/mol. The van der Waals surface area contributed by atoms with E-state index in [1.54, 1.807) is 12.1 Å². The second-order valence-corrected chi connectivity index (χ2v) is 7.20. The van der Waals surface area contributed by atoms with Gasteiger partial charge in [0.1, 0.15) is 5.82 Å². The Bertz CT molecular complexity index is 972. The van der Waals surface area contributed by atoms with Crippen molar-refractivity contribution in [2.75, 3.05) is 20.2 Å². The predicted molar refractivity (Wildman–Crippen MR) is 105 cm³/mol. The Kier molecular flexibility index (Phi) is 5.31. The van der Waals surface area contributed by atoms with Crippen LogP contribution in [0.2, 0.25) is 0 Å². The fourth-order valence-electron chi connectivity index (χ4n) is 3.91. The standard InChI is InChI=1S/C22H22FN3O3/c1-29-21(27)19-18(13-26-11-10-14-4-2-3-5-16(14)12-26)24-22(28)25-20(19)15-6-8-17(23)9-7-15/h2-9,20H,10-13H2,1H3,(H2,24,25,28)/t20-/m0/s1. The molecule has 0 aliphatic carbocycles. The van der Waals surface area contributed by atoms with E-state index >= 15 is 0 Å². The van der Waals surface area contributed by atoms with Crippen LogP contribution in [0.5, 0.6) is 0 Å². The largest absolute Gasteiger partial charge is 0.466 e. The SMILES string of the molecule is COC(=O)C1=C(CN2CCc3ccccc3C2)NC(=O)N[C@H]1c1ccc(F)cc1. The number of amides is 2. The Balaban J connectivity index is 1.66. The zero-order chi connectivity index (χ0) is 20.4. The minimum atomic E-state index is -0.705. The Morgan fingerprint density at radius 2 is 1.90 bits per heavy atom. The molecule has 2 N–H and O–H groups in total. The maximum Gasteiger partial charge on any atom is 0.338 e. The quantitative estimate of drug-likeness (QED) is 0.781. The van der Waals surface area contributed by atoms with E-state index in [0.717, 1.165) is 19.5 Å². The van der Waals surface area contributed by atoms with Crippen LogP contribution in [0.1, 0.15) is 22.7 Å². The summed E-state index contributed by atoms with van der Waals surface area (Å²) in [6.45, 7) is 1.96. The van der Waals surface area contributed by atoms with Crippen molar-refractivity contribution in [1.29, 1.82) is 0 Å². The molecule has 0 radical (unpaired) electrons. The van der Waals surface area contributed by atoms with E-state index in [4.69, 9.17) is 4.74 Å². The van der Waals surface area contributed by atoms with Crippen molar-refractivity contribution in [3.8, 4) is 0 Å². The van der Waals surface area contributed by atoms with Crippen molar-refractivity contribution in [3.05, 3.63) is 82.3 Å². The minimum absolute atomic E-state index is 0.331. The third-order valence-electron chi connectivity index (χ3n) is 5.35. The summed E-state index contributed by atoms with van der Waals surface area (Å²) in [7, 11) is 1.31. The van der Waals surface area contributed by atoms with Gasteiger partial charge in [-0.25, -0.2) is 14.0 Å². The molecule has 0 saturated heterocycles. The Labute approximate surface area is 168 Å². The van der Waals surface area contributed by atoms with E-state index in [0.29, 0.717) is 23.4 Å². The van der Waals surface area contributed by atoms with Crippen LogP contribution in [0, 0.1) is 5.82 Å². The number of nitrogens with one attached hydrogen (secondary N) is 2. The van der Waals surface area contributed by atoms with Crippen molar-refractivity contribution in [2.24, 2.45) is 0 Å². The van der Waals surface area contributed by atoms with Gasteiger partial charge in [-0.1, -0.05) is 36.4 Å². The number of ether oxygens (including phenoxy) is 1. The molecule has 2 aromatic rings. The molecule has 2 amide bonds. The molecule has 0 unspecified atom stereocenters. The lowest BCUT2D eigenvalue weighted by atomic mass is 9.94. The number of nitrogens with zero attached hydrogens (tertiary/aromatic N) is 1. The topological polar surface area (TPSA) is 70.7 Å². The molecule has 0 saturated carbocycles. The van der Waals surface area contributed by atoms with E-state index in [1.165, 1.54) is 30.4 Å². The van der Waals surface area contributed by atoms with Gasteiger partial charge in [0.05, 0.1) is 18.7 Å². The predicted octanol–water partition coefficient (Wildman–Crippen LogP) is 2.67. The van der Waals surface area contributed by atoms with E-state index in [-0.39, 0.29) is 5.82 Å². The van der Waals surface area contributed by atoms with Gasteiger partial charge in [0.15, 0.2) is 0 Å². The molecule has 0 bridgehead atoms. The number of halogens is 1. The third kappa shape index (κ3) is 4.00. The third-order valence-corrected chi connectivity index (χ3v) is 5.35. The number of rotatable bonds is 4. The first-order valence-electron chi connectivity index (χ1n) is 9.48. The highest BCUT2D eigenvalue weighted by Crippen LogP contribution is 2.29. The zero-order valence-corrected chi connectivity index (χ0v) is 16.1. The van der Waals surface area contributed by atoms with Gasteiger partial charge in [-0.3, -0.25) is 4.90 Å². The second kappa shape index (κ2) is 8.05. The molecule has 29 heavy (non-hydrogen) atoms. The summed E-state index contributed by atoms with van der Waals surface area (Å²) >= 11 is 0. The van der Waals surface area contributed by atoms with Crippen molar-refractivity contribution < 1.29 is 18.7 Å². The lowest BCUT2D eigenvalue weighted by Gasteiger charge is -2.34. The molecule has 2 aromatic carbocycles. The average Bonchev–Trinajstić information content (AvgIpc) is 2.73. The van der Waals surface area contributed by atoms with Crippen LogP contribution in [0.4, 0.5) is 9.18 Å². The molecule has 0 aromatic heterocycles. The van der Waals surface area contributed by atoms with Gasteiger partial charge in [0.2, 0.25) is 0 Å². The smallest absolute Gasteiger partial charge is 0.338 e. The first-order chi connectivity index (χ1) is 14.0. The number of methoxy groups -OCH3 is 1. The van der Waals surface area contributed by atoms with E-state index in [9.17, 15) is 14.0 Å². The van der Waals surface area contributed by atoms with Gasteiger partial charge in [0, 0.05) is 25.3 Å². The number of fused-ring (bicyclic) bond motifs is 1. The van der Waals surface area contributed by atoms with Crippen molar-refractivity contribution in [3.63, 3.8) is 0 Å². The Hall–Kier alpha value is -3.19. The monoisotopic (exact) mass is 395 g/mol. The summed E-state index contributed by atoms with van der Waals surface area (Å²) in [5.74, 6) is -0.913. The van der Waals surface area contributed by atoms with Gasteiger partial charge in [0.25, 0.3) is 0 Å². The van der Waals surface area contributed by atoms with Crippen LogP contribution in [-0.2, 0) is 22.5 Å². The van der Waals surface area contributed by atoms with E-state index in [1.807, 2.05) is 12.1 Å². The van der Waals surface area contributed by atoms with Gasteiger partial charge < -0.3 is 15.4 Å². The molecule has 4 rings (SSSR count). The normalized spacial score (nSPS) is 19.2. The van der Waals surface area contributed by atoms with Gasteiger partial charge in [-0.05, 0) is 35.2 Å². The number of hydrogen-bond donors (Lipinski definition) is 2. The van der Waals surface area contributed by atoms with Crippen molar-refractivity contribution in [1.82, 2.24) is 15.5 Å². The molecular weight excluding hydrogens is 373 g/mol. The van der Waals surface area contributed by atoms with Gasteiger partial charge in [-0.15, -0.1) is 0 Å². The van der Waals surface area contributed by atoms with Gasteiger partial charge in [-0.2, -0.15) is 0 Å². The van der Waals surface area contributed by atoms with Crippen molar-refractivity contribution >= 4 is 12.0 Å². The van der Waals surface area contributed by atoms with Crippen LogP contribution in [-0.4, -0.2) is 37.1 Å². The first kappa shape index (κ1) is 19.1.